The number of hydrogen-bond donors (Lipinski definition) is 1. The van der Waals surface area contributed by atoms with E-state index < -0.39 is 18.1 Å². The van der Waals surface area contributed by atoms with E-state index in [2.05, 4.69) is 0 Å². The van der Waals surface area contributed by atoms with Crippen molar-refractivity contribution in [2.75, 3.05) is 0 Å². The van der Waals surface area contributed by atoms with Crippen molar-refractivity contribution in [1.29, 1.82) is 0 Å². The van der Waals surface area contributed by atoms with Crippen LogP contribution in [0.2, 0.25) is 5.02 Å². The molecule has 1 amide bonds. The Morgan fingerprint density at radius 2 is 1.88 bits per heavy atom. The zero-order chi connectivity index (χ0) is 19.3. The van der Waals surface area contributed by atoms with Crippen LogP contribution in [0.1, 0.15) is 22.8 Å². The van der Waals surface area contributed by atoms with Crippen LogP contribution in [0.25, 0.3) is 0 Å². The molecule has 0 spiro atoms. The Morgan fingerprint density at radius 1 is 1.23 bits per heavy atom. The summed E-state index contributed by atoms with van der Waals surface area (Å²) in [7, 11) is 0. The molecule has 1 atom stereocenters. The number of halogens is 4. The van der Waals surface area contributed by atoms with Gasteiger partial charge in [0.05, 0.1) is 5.02 Å². The van der Waals surface area contributed by atoms with Gasteiger partial charge in [0.1, 0.15) is 0 Å². The Hall–Kier alpha value is -1.99. The molecule has 2 rings (SSSR count). The molecule has 1 N–H and O–H groups in total. The number of rotatable bonds is 6. The SMILES string of the molecule is C[C@H](Cc1ccc(Sc2c(Cl)cccc2C=O)cc1)NC(=O)C(F)(F)F. The molecule has 0 aromatic heterocycles. The van der Waals surface area contributed by atoms with Gasteiger partial charge in [0, 0.05) is 21.4 Å². The van der Waals surface area contributed by atoms with Crippen LogP contribution in [0, 0.1) is 0 Å². The fourth-order valence-corrected chi connectivity index (χ4v) is 3.45. The van der Waals surface area contributed by atoms with Crippen molar-refractivity contribution < 1.29 is 22.8 Å². The van der Waals surface area contributed by atoms with Gasteiger partial charge < -0.3 is 5.32 Å². The zero-order valence-corrected chi connectivity index (χ0v) is 15.2. The van der Waals surface area contributed by atoms with E-state index in [9.17, 15) is 22.8 Å². The standard InChI is InChI=1S/C18H15ClF3NO2S/c1-11(23-17(25)18(20,21)22)9-12-5-7-14(8-6-12)26-16-13(10-24)3-2-4-15(16)19/h2-8,10-11H,9H2,1H3,(H,23,25)/t11-/m1/s1. The highest BCUT2D eigenvalue weighted by atomic mass is 35.5. The van der Waals surface area contributed by atoms with Gasteiger partial charge in [-0.15, -0.1) is 0 Å². The number of carbonyl (C=O) groups is 2. The molecule has 0 fully saturated rings. The Balaban J connectivity index is 2.03. The lowest BCUT2D eigenvalue weighted by atomic mass is 10.1. The molecular formula is C18H15ClF3NO2S. The lowest BCUT2D eigenvalue weighted by molar-refractivity contribution is -0.174. The Morgan fingerprint density at radius 3 is 2.46 bits per heavy atom. The highest BCUT2D eigenvalue weighted by molar-refractivity contribution is 7.99. The maximum Gasteiger partial charge on any atom is 0.471 e. The van der Waals surface area contributed by atoms with Gasteiger partial charge in [-0.05, 0) is 37.1 Å². The maximum atomic E-state index is 12.3. The number of benzene rings is 2. The summed E-state index contributed by atoms with van der Waals surface area (Å²) in [5.74, 6) is -1.95. The van der Waals surface area contributed by atoms with Crippen molar-refractivity contribution in [2.24, 2.45) is 0 Å². The Labute approximate surface area is 157 Å². The number of amides is 1. The van der Waals surface area contributed by atoms with Crippen LogP contribution >= 0.6 is 23.4 Å². The molecule has 0 aliphatic carbocycles. The fourth-order valence-electron chi connectivity index (χ4n) is 2.25. The first-order valence-corrected chi connectivity index (χ1v) is 8.78. The summed E-state index contributed by atoms with van der Waals surface area (Å²) in [6.07, 6.45) is -3.90. The van der Waals surface area contributed by atoms with Crippen LogP contribution in [-0.2, 0) is 11.2 Å². The molecule has 26 heavy (non-hydrogen) atoms. The molecule has 0 aliphatic heterocycles. The zero-order valence-electron chi connectivity index (χ0n) is 13.6. The smallest absolute Gasteiger partial charge is 0.345 e. The van der Waals surface area contributed by atoms with Gasteiger partial charge in [-0.2, -0.15) is 13.2 Å². The first-order valence-electron chi connectivity index (χ1n) is 7.59. The third-order valence-corrected chi connectivity index (χ3v) is 5.04. The van der Waals surface area contributed by atoms with Gasteiger partial charge >= 0.3 is 12.1 Å². The topological polar surface area (TPSA) is 46.2 Å². The first kappa shape index (κ1) is 20.3. The fraction of sp³-hybridized carbons (Fsp3) is 0.222. The highest BCUT2D eigenvalue weighted by Crippen LogP contribution is 2.35. The minimum atomic E-state index is -4.89. The second kappa shape index (κ2) is 8.60. The minimum Gasteiger partial charge on any atom is -0.345 e. The van der Waals surface area contributed by atoms with Crippen molar-refractivity contribution in [1.82, 2.24) is 5.32 Å². The van der Waals surface area contributed by atoms with Crippen LogP contribution in [0.5, 0.6) is 0 Å². The molecule has 0 heterocycles. The second-order valence-electron chi connectivity index (χ2n) is 5.60. The highest BCUT2D eigenvalue weighted by Gasteiger charge is 2.39. The van der Waals surface area contributed by atoms with E-state index in [1.807, 2.05) is 5.32 Å². The molecule has 8 heteroatoms. The molecule has 138 valence electrons. The number of hydrogen-bond acceptors (Lipinski definition) is 3. The predicted molar refractivity (Wildman–Crippen MR) is 94.8 cm³/mol. The molecule has 3 nitrogen and oxygen atoms in total. The molecule has 0 aliphatic rings. The largest absolute Gasteiger partial charge is 0.471 e. The van der Waals surface area contributed by atoms with Crippen molar-refractivity contribution in [3.05, 3.63) is 58.6 Å². The van der Waals surface area contributed by atoms with Crippen LogP contribution in [0.4, 0.5) is 13.2 Å². The summed E-state index contributed by atoms with van der Waals surface area (Å²) in [6.45, 7) is 1.51. The van der Waals surface area contributed by atoms with E-state index in [0.29, 0.717) is 15.5 Å². The van der Waals surface area contributed by atoms with E-state index in [1.165, 1.54) is 18.7 Å². The Kier molecular flexibility index (Phi) is 6.72. The van der Waals surface area contributed by atoms with Gasteiger partial charge in [-0.3, -0.25) is 9.59 Å². The first-order chi connectivity index (χ1) is 12.2. The third kappa shape index (κ3) is 5.51. The molecule has 2 aromatic rings. The lowest BCUT2D eigenvalue weighted by Gasteiger charge is -2.15. The van der Waals surface area contributed by atoms with Crippen LogP contribution in [0.15, 0.2) is 52.3 Å². The number of nitrogens with one attached hydrogen (secondary N) is 1. The average molecular weight is 402 g/mol. The maximum absolute atomic E-state index is 12.3. The monoisotopic (exact) mass is 401 g/mol. The molecular weight excluding hydrogens is 387 g/mol. The van der Waals surface area contributed by atoms with Gasteiger partial charge in [0.15, 0.2) is 6.29 Å². The second-order valence-corrected chi connectivity index (χ2v) is 7.09. The van der Waals surface area contributed by atoms with E-state index >= 15 is 0 Å². The van der Waals surface area contributed by atoms with Gasteiger partial charge in [0.2, 0.25) is 0 Å². The minimum absolute atomic E-state index is 0.262. The summed E-state index contributed by atoms with van der Waals surface area (Å²) in [6, 6.07) is 11.5. The number of carbonyl (C=O) groups excluding carboxylic acids is 2. The molecule has 0 saturated heterocycles. The van der Waals surface area contributed by atoms with Crippen LogP contribution in [-0.4, -0.2) is 24.4 Å². The van der Waals surface area contributed by atoms with E-state index in [-0.39, 0.29) is 6.42 Å². The predicted octanol–water partition coefficient (Wildman–Crippen LogP) is 4.91. The van der Waals surface area contributed by atoms with Gasteiger partial charge in [0.25, 0.3) is 0 Å². The summed E-state index contributed by atoms with van der Waals surface area (Å²) in [5, 5.41) is 2.38. The van der Waals surface area contributed by atoms with Gasteiger partial charge in [-0.1, -0.05) is 47.6 Å². The summed E-state index contributed by atoms with van der Waals surface area (Å²) >= 11 is 7.46. The van der Waals surface area contributed by atoms with Crippen molar-refractivity contribution >= 4 is 35.6 Å². The molecule has 0 unspecified atom stereocenters. The normalized spacial score (nSPS) is 12.5. The summed E-state index contributed by atoms with van der Waals surface area (Å²) in [5.41, 5.74) is 1.26. The van der Waals surface area contributed by atoms with Gasteiger partial charge in [-0.25, -0.2) is 0 Å². The average Bonchev–Trinajstić information content (AvgIpc) is 2.57. The number of alkyl halides is 3. The third-order valence-electron chi connectivity index (χ3n) is 3.44. The molecule has 0 bridgehead atoms. The van der Waals surface area contributed by atoms with E-state index in [0.717, 1.165) is 16.7 Å². The van der Waals surface area contributed by atoms with Crippen molar-refractivity contribution in [3.63, 3.8) is 0 Å². The Bertz CT molecular complexity index is 794. The summed E-state index contributed by atoms with van der Waals surface area (Å²) < 4.78 is 36.8. The van der Waals surface area contributed by atoms with E-state index in [4.69, 9.17) is 11.6 Å². The van der Waals surface area contributed by atoms with Crippen molar-refractivity contribution in [3.8, 4) is 0 Å². The quantitative estimate of drug-likeness (QED) is 0.699. The van der Waals surface area contributed by atoms with Crippen LogP contribution < -0.4 is 5.32 Å². The van der Waals surface area contributed by atoms with Crippen molar-refractivity contribution in [2.45, 2.75) is 35.4 Å². The summed E-state index contributed by atoms with van der Waals surface area (Å²) in [4.78, 5) is 23.5. The number of aldehydes is 1. The van der Waals surface area contributed by atoms with Crippen LogP contribution in [0.3, 0.4) is 0 Å². The molecule has 2 aromatic carbocycles. The lowest BCUT2D eigenvalue weighted by Crippen LogP contribution is -2.42. The molecule has 0 saturated carbocycles. The van der Waals surface area contributed by atoms with E-state index in [1.54, 1.807) is 42.5 Å². The molecule has 0 radical (unpaired) electrons.